The van der Waals surface area contributed by atoms with Crippen molar-refractivity contribution in [1.82, 2.24) is 0 Å². The quantitative estimate of drug-likeness (QED) is 0.344. The molecule has 0 spiro atoms. The highest BCUT2D eigenvalue weighted by Gasteiger charge is 2.59. The predicted molar refractivity (Wildman–Crippen MR) is 155 cm³/mol. The molecule has 0 aromatic heterocycles. The summed E-state index contributed by atoms with van der Waals surface area (Å²) in [5.41, 5.74) is 0.984. The Hall–Kier alpha value is -4.80. The minimum atomic E-state index is -1.40. The molecule has 0 saturated carbocycles. The molecule has 0 bridgehead atoms. The van der Waals surface area contributed by atoms with Gasteiger partial charge in [-0.25, -0.2) is 0 Å². The van der Waals surface area contributed by atoms with E-state index in [1.807, 2.05) is 43.3 Å². The average Bonchev–Trinajstić information content (AvgIpc) is 2.98. The Labute approximate surface area is 239 Å². The summed E-state index contributed by atoms with van der Waals surface area (Å²) in [6.45, 7) is 0. The number of benzene rings is 3. The molecule has 3 aromatic carbocycles. The van der Waals surface area contributed by atoms with Gasteiger partial charge in [-0.1, -0.05) is 12.1 Å². The van der Waals surface area contributed by atoms with Gasteiger partial charge in [0.15, 0.2) is 28.5 Å². The summed E-state index contributed by atoms with van der Waals surface area (Å²) < 4.78 is 32.9. The second kappa shape index (κ2) is 11.7. The SMILES string of the molecule is COc1cc(NC(=O)C2(c3ccc(N(C)C)cc3)CC(=O)N2c2cc(OC)c(OC)c(OC)c2)cc(OC)c1OC. The second-order valence-electron chi connectivity index (χ2n) is 9.46. The fourth-order valence-corrected chi connectivity index (χ4v) is 5.03. The van der Waals surface area contributed by atoms with Gasteiger partial charge >= 0.3 is 0 Å². The summed E-state index contributed by atoms with van der Waals surface area (Å²) in [7, 11) is 12.8. The molecule has 1 aliphatic heterocycles. The van der Waals surface area contributed by atoms with Crippen molar-refractivity contribution >= 4 is 28.9 Å². The van der Waals surface area contributed by atoms with Gasteiger partial charge < -0.3 is 38.6 Å². The van der Waals surface area contributed by atoms with Crippen LogP contribution in [0.15, 0.2) is 48.5 Å². The zero-order chi connectivity index (χ0) is 29.9. The van der Waals surface area contributed by atoms with Crippen LogP contribution in [0.4, 0.5) is 17.1 Å². The third-order valence-electron chi connectivity index (χ3n) is 7.11. The number of carbonyl (C=O) groups excluding carboxylic acids is 2. The normalized spacial score (nSPS) is 15.9. The van der Waals surface area contributed by atoms with E-state index in [4.69, 9.17) is 28.4 Å². The fourth-order valence-electron chi connectivity index (χ4n) is 5.03. The number of hydrogen-bond donors (Lipinski definition) is 1. The van der Waals surface area contributed by atoms with Gasteiger partial charge in [-0.3, -0.25) is 14.5 Å². The van der Waals surface area contributed by atoms with E-state index >= 15 is 0 Å². The topological polar surface area (TPSA) is 108 Å². The van der Waals surface area contributed by atoms with Gasteiger partial charge in [0.2, 0.25) is 17.4 Å². The lowest BCUT2D eigenvalue weighted by Gasteiger charge is -2.50. The van der Waals surface area contributed by atoms with Gasteiger partial charge in [0, 0.05) is 49.7 Å². The molecule has 1 N–H and O–H groups in total. The average molecular weight is 566 g/mol. The third kappa shape index (κ3) is 4.99. The van der Waals surface area contributed by atoms with E-state index in [2.05, 4.69) is 5.32 Å². The van der Waals surface area contributed by atoms with Crippen LogP contribution in [0.25, 0.3) is 0 Å². The molecule has 1 saturated heterocycles. The van der Waals surface area contributed by atoms with Crippen molar-refractivity contribution in [3.63, 3.8) is 0 Å². The van der Waals surface area contributed by atoms with Crippen molar-refractivity contribution in [2.45, 2.75) is 12.0 Å². The van der Waals surface area contributed by atoms with Crippen LogP contribution in [0.1, 0.15) is 12.0 Å². The molecule has 1 unspecified atom stereocenters. The first-order valence-electron chi connectivity index (χ1n) is 12.7. The molecule has 11 nitrogen and oxygen atoms in total. The minimum Gasteiger partial charge on any atom is -0.493 e. The van der Waals surface area contributed by atoms with E-state index < -0.39 is 11.4 Å². The highest BCUT2D eigenvalue weighted by molar-refractivity contribution is 6.17. The van der Waals surface area contributed by atoms with Crippen molar-refractivity contribution in [3.05, 3.63) is 54.1 Å². The van der Waals surface area contributed by atoms with E-state index in [1.165, 1.54) is 47.6 Å². The maximum atomic E-state index is 14.3. The summed E-state index contributed by atoms with van der Waals surface area (Å²) in [5, 5.41) is 2.98. The summed E-state index contributed by atoms with van der Waals surface area (Å²) in [4.78, 5) is 31.1. The standard InChI is InChI=1S/C30H35N3O8/c1-32(2)20-11-9-18(10-12-20)30(29(35)31-19-13-22(36-3)27(40-7)23(14-19)37-4)17-26(34)33(30)21-15-24(38-5)28(41-8)25(16-21)39-6/h9-16H,17H2,1-8H3,(H,31,35). The van der Waals surface area contributed by atoms with Gasteiger partial charge in [0.25, 0.3) is 5.91 Å². The van der Waals surface area contributed by atoms with Gasteiger partial charge in [-0.2, -0.15) is 0 Å². The molecule has 1 atom stereocenters. The van der Waals surface area contributed by atoms with Crippen molar-refractivity contribution in [2.75, 3.05) is 71.9 Å². The summed E-state index contributed by atoms with van der Waals surface area (Å²) in [6.07, 6.45) is -0.0682. The summed E-state index contributed by atoms with van der Waals surface area (Å²) in [5.74, 6) is 1.52. The maximum absolute atomic E-state index is 14.3. The van der Waals surface area contributed by atoms with E-state index in [9.17, 15) is 9.59 Å². The molecule has 1 fully saturated rings. The molecule has 3 aromatic rings. The van der Waals surface area contributed by atoms with Crippen molar-refractivity contribution in [3.8, 4) is 34.5 Å². The van der Waals surface area contributed by atoms with Crippen LogP contribution in [0.5, 0.6) is 34.5 Å². The van der Waals surface area contributed by atoms with E-state index in [1.54, 1.807) is 24.3 Å². The molecule has 4 rings (SSSR count). The Balaban J connectivity index is 1.87. The minimum absolute atomic E-state index is 0.0682. The highest BCUT2D eigenvalue weighted by atomic mass is 16.5. The van der Waals surface area contributed by atoms with Crippen LogP contribution >= 0.6 is 0 Å². The number of nitrogens with one attached hydrogen (secondary N) is 1. The van der Waals surface area contributed by atoms with Gasteiger partial charge in [-0.15, -0.1) is 0 Å². The molecule has 218 valence electrons. The Morgan fingerprint density at radius 2 is 1.22 bits per heavy atom. The maximum Gasteiger partial charge on any atom is 0.255 e. The number of ether oxygens (including phenoxy) is 6. The Morgan fingerprint density at radius 3 is 1.61 bits per heavy atom. The lowest BCUT2D eigenvalue weighted by molar-refractivity contribution is -0.137. The molecule has 1 aliphatic rings. The fraction of sp³-hybridized carbons (Fsp3) is 0.333. The molecule has 2 amide bonds. The number of anilines is 3. The molecule has 41 heavy (non-hydrogen) atoms. The van der Waals surface area contributed by atoms with Crippen molar-refractivity contribution in [1.29, 1.82) is 0 Å². The Bertz CT molecular complexity index is 1390. The van der Waals surface area contributed by atoms with Crippen molar-refractivity contribution in [2.24, 2.45) is 0 Å². The molecule has 1 heterocycles. The number of amides is 2. The number of hydrogen-bond acceptors (Lipinski definition) is 9. The van der Waals surface area contributed by atoms with Crippen LogP contribution in [0.2, 0.25) is 0 Å². The molecule has 0 aliphatic carbocycles. The van der Waals surface area contributed by atoms with Crippen LogP contribution in [-0.4, -0.2) is 68.6 Å². The highest BCUT2D eigenvalue weighted by Crippen LogP contribution is 2.50. The summed E-state index contributed by atoms with van der Waals surface area (Å²) >= 11 is 0. The van der Waals surface area contributed by atoms with Crippen LogP contribution in [0, 0.1) is 0 Å². The monoisotopic (exact) mass is 565 g/mol. The van der Waals surface area contributed by atoms with E-state index in [-0.39, 0.29) is 12.3 Å². The lowest BCUT2D eigenvalue weighted by Crippen LogP contribution is -2.67. The van der Waals surface area contributed by atoms with Crippen molar-refractivity contribution < 1.29 is 38.0 Å². The third-order valence-corrected chi connectivity index (χ3v) is 7.11. The van der Waals surface area contributed by atoms with E-state index in [0.29, 0.717) is 51.4 Å². The predicted octanol–water partition coefficient (Wildman–Crippen LogP) is 4.08. The van der Waals surface area contributed by atoms with Crippen LogP contribution in [-0.2, 0) is 15.1 Å². The second-order valence-corrected chi connectivity index (χ2v) is 9.46. The molecule has 0 radical (unpaired) electrons. The first kappa shape index (κ1) is 29.2. The first-order valence-corrected chi connectivity index (χ1v) is 12.7. The van der Waals surface area contributed by atoms with Crippen LogP contribution in [0.3, 0.4) is 0 Å². The van der Waals surface area contributed by atoms with E-state index in [0.717, 1.165) is 5.69 Å². The first-order chi connectivity index (χ1) is 19.7. The molecular weight excluding hydrogens is 530 g/mol. The molecular formula is C30H35N3O8. The Morgan fingerprint density at radius 1 is 0.756 bits per heavy atom. The number of β-lactam (4-membered cyclic amide) rings is 1. The Kier molecular flexibility index (Phi) is 8.36. The van der Waals surface area contributed by atoms with Gasteiger partial charge in [-0.05, 0) is 17.7 Å². The number of carbonyl (C=O) groups is 2. The zero-order valence-electron chi connectivity index (χ0n) is 24.5. The number of nitrogens with zero attached hydrogens (tertiary/aromatic N) is 2. The zero-order valence-corrected chi connectivity index (χ0v) is 24.5. The number of rotatable bonds is 11. The van der Waals surface area contributed by atoms with Gasteiger partial charge in [0.05, 0.1) is 54.8 Å². The van der Waals surface area contributed by atoms with Crippen LogP contribution < -0.4 is 43.5 Å². The largest absolute Gasteiger partial charge is 0.493 e. The summed E-state index contributed by atoms with van der Waals surface area (Å²) in [6, 6.07) is 14.1. The van der Waals surface area contributed by atoms with Gasteiger partial charge in [0.1, 0.15) is 0 Å². The number of methoxy groups -OCH3 is 6. The lowest BCUT2D eigenvalue weighted by atomic mass is 9.75. The molecule has 11 heteroatoms. The smallest absolute Gasteiger partial charge is 0.255 e.